The van der Waals surface area contributed by atoms with Gasteiger partial charge in [-0.2, -0.15) is 0 Å². The summed E-state index contributed by atoms with van der Waals surface area (Å²) in [6.07, 6.45) is 4.37. The molecule has 1 atom stereocenters. The van der Waals surface area contributed by atoms with Gasteiger partial charge in [0.05, 0.1) is 0 Å². The molecule has 0 unspecified atom stereocenters. The van der Waals surface area contributed by atoms with E-state index in [1.807, 2.05) is 11.9 Å². The number of carbonyl (C=O) groups excluding carboxylic acids is 1. The summed E-state index contributed by atoms with van der Waals surface area (Å²) in [6, 6.07) is 10.8. The minimum absolute atomic E-state index is 0.0138. The Morgan fingerprint density at radius 2 is 2.15 bits per heavy atom. The summed E-state index contributed by atoms with van der Waals surface area (Å²) in [5.41, 5.74) is 7.02. The summed E-state index contributed by atoms with van der Waals surface area (Å²) in [5, 5.41) is 10.8. The molecular formula is C18H27N7O. The molecule has 0 radical (unpaired) electrons. The number of nitrogens with two attached hydrogens (primary N) is 1. The fraction of sp³-hybridized carbons (Fsp3) is 0.556. The molecule has 140 valence electrons. The number of rotatable bonds is 7. The molecule has 0 spiro atoms. The van der Waals surface area contributed by atoms with Crippen LogP contribution < -0.4 is 5.73 Å². The zero-order valence-electron chi connectivity index (χ0n) is 15.3. The van der Waals surface area contributed by atoms with Crippen molar-refractivity contribution in [3.63, 3.8) is 0 Å². The first kappa shape index (κ1) is 18.3. The number of likely N-dealkylation sites (tertiary alicyclic amines) is 1. The van der Waals surface area contributed by atoms with Gasteiger partial charge in [-0.05, 0) is 54.8 Å². The van der Waals surface area contributed by atoms with E-state index in [1.54, 1.807) is 0 Å². The first-order valence-electron chi connectivity index (χ1n) is 9.17. The average Bonchev–Trinajstić information content (AvgIpc) is 3.07. The molecule has 2 N–H and O–H groups in total. The van der Waals surface area contributed by atoms with Crippen molar-refractivity contribution in [1.82, 2.24) is 30.0 Å². The van der Waals surface area contributed by atoms with E-state index in [2.05, 4.69) is 50.8 Å². The lowest BCUT2D eigenvalue weighted by atomic mass is 10.0. The highest BCUT2D eigenvalue weighted by Gasteiger charge is 2.26. The second-order valence-electron chi connectivity index (χ2n) is 6.89. The number of aromatic nitrogens is 4. The average molecular weight is 357 g/mol. The SMILES string of the molecule is CN(C(=O)Cn1nnnc1N)[C@@H]1CCCN(CCCc2ccccc2)C1. The van der Waals surface area contributed by atoms with E-state index in [1.165, 1.54) is 10.2 Å². The third kappa shape index (κ3) is 4.78. The summed E-state index contributed by atoms with van der Waals surface area (Å²) < 4.78 is 1.33. The summed E-state index contributed by atoms with van der Waals surface area (Å²) in [6.45, 7) is 3.17. The van der Waals surface area contributed by atoms with Gasteiger partial charge >= 0.3 is 0 Å². The second kappa shape index (κ2) is 8.75. The Morgan fingerprint density at radius 3 is 2.88 bits per heavy atom. The molecule has 1 aliphatic heterocycles. The van der Waals surface area contributed by atoms with Crippen LogP contribution in [-0.4, -0.2) is 68.6 Å². The number of nitrogen functional groups attached to an aromatic ring is 1. The molecule has 1 aromatic heterocycles. The number of tetrazole rings is 1. The third-order valence-corrected chi connectivity index (χ3v) is 5.05. The zero-order chi connectivity index (χ0) is 18.4. The van der Waals surface area contributed by atoms with Gasteiger partial charge in [-0.15, -0.1) is 0 Å². The van der Waals surface area contributed by atoms with Crippen LogP contribution in [0.25, 0.3) is 0 Å². The number of hydrogen-bond donors (Lipinski definition) is 1. The molecule has 1 saturated heterocycles. The number of benzene rings is 1. The van der Waals surface area contributed by atoms with Crippen molar-refractivity contribution in [1.29, 1.82) is 0 Å². The van der Waals surface area contributed by atoms with Crippen LogP contribution in [0.15, 0.2) is 30.3 Å². The number of nitrogens with zero attached hydrogens (tertiary/aromatic N) is 6. The molecule has 0 saturated carbocycles. The highest BCUT2D eigenvalue weighted by atomic mass is 16.2. The maximum absolute atomic E-state index is 12.5. The predicted molar refractivity (Wildman–Crippen MR) is 99.2 cm³/mol. The minimum Gasteiger partial charge on any atom is -0.367 e. The number of likely N-dealkylation sites (N-methyl/N-ethyl adjacent to an activating group) is 1. The van der Waals surface area contributed by atoms with Crippen molar-refractivity contribution in [2.75, 3.05) is 32.4 Å². The highest BCUT2D eigenvalue weighted by molar-refractivity contribution is 5.76. The van der Waals surface area contributed by atoms with Crippen LogP contribution in [0, 0.1) is 0 Å². The summed E-state index contributed by atoms with van der Waals surface area (Å²) in [4.78, 5) is 16.8. The van der Waals surface area contributed by atoms with Crippen molar-refractivity contribution >= 4 is 11.9 Å². The molecule has 0 bridgehead atoms. The molecule has 2 heterocycles. The Bertz CT molecular complexity index is 703. The minimum atomic E-state index is -0.0138. The standard InChI is InChI=1S/C18H27N7O/c1-23(17(26)14-25-18(19)20-21-22-25)16-10-6-12-24(13-16)11-5-9-15-7-3-2-4-8-15/h2-4,7-8,16H,5-6,9-14H2,1H3,(H2,19,20,22)/t16-/m1/s1. The Morgan fingerprint density at radius 1 is 1.35 bits per heavy atom. The monoisotopic (exact) mass is 357 g/mol. The smallest absolute Gasteiger partial charge is 0.244 e. The number of aryl methyl sites for hydroxylation is 1. The van der Waals surface area contributed by atoms with Gasteiger partial charge in [0.25, 0.3) is 0 Å². The van der Waals surface area contributed by atoms with Gasteiger partial charge in [-0.3, -0.25) is 4.79 Å². The number of anilines is 1. The lowest BCUT2D eigenvalue weighted by molar-refractivity contribution is -0.133. The molecule has 2 aromatic rings. The van der Waals surface area contributed by atoms with E-state index < -0.39 is 0 Å². The van der Waals surface area contributed by atoms with E-state index in [0.717, 1.165) is 45.3 Å². The lowest BCUT2D eigenvalue weighted by Crippen LogP contribution is -2.49. The maximum atomic E-state index is 12.5. The topological polar surface area (TPSA) is 93.2 Å². The summed E-state index contributed by atoms with van der Waals surface area (Å²) >= 11 is 0. The molecular weight excluding hydrogens is 330 g/mol. The Kier molecular flexibility index (Phi) is 6.17. The van der Waals surface area contributed by atoms with Gasteiger partial charge in [0.15, 0.2) is 0 Å². The van der Waals surface area contributed by atoms with E-state index in [9.17, 15) is 4.79 Å². The third-order valence-electron chi connectivity index (χ3n) is 5.05. The van der Waals surface area contributed by atoms with Gasteiger partial charge in [0.2, 0.25) is 11.9 Å². The van der Waals surface area contributed by atoms with Gasteiger partial charge in [0, 0.05) is 19.6 Å². The quantitative estimate of drug-likeness (QED) is 0.788. The largest absolute Gasteiger partial charge is 0.367 e. The van der Waals surface area contributed by atoms with Gasteiger partial charge in [-0.25, -0.2) is 4.68 Å². The van der Waals surface area contributed by atoms with Crippen LogP contribution >= 0.6 is 0 Å². The zero-order valence-corrected chi connectivity index (χ0v) is 15.3. The number of carbonyl (C=O) groups is 1. The molecule has 8 nitrogen and oxygen atoms in total. The maximum Gasteiger partial charge on any atom is 0.244 e. The van der Waals surface area contributed by atoms with Crippen LogP contribution in [0.4, 0.5) is 5.95 Å². The molecule has 0 aliphatic carbocycles. The molecule has 1 aliphatic rings. The molecule has 26 heavy (non-hydrogen) atoms. The van der Waals surface area contributed by atoms with Crippen LogP contribution in [0.5, 0.6) is 0 Å². The fourth-order valence-corrected chi connectivity index (χ4v) is 3.47. The Balaban J connectivity index is 1.46. The number of piperidine rings is 1. The second-order valence-corrected chi connectivity index (χ2v) is 6.89. The van der Waals surface area contributed by atoms with Crippen molar-refractivity contribution in [2.45, 2.75) is 38.3 Å². The molecule has 3 rings (SSSR count). The molecule has 1 aromatic carbocycles. The van der Waals surface area contributed by atoms with Crippen LogP contribution in [-0.2, 0) is 17.8 Å². The van der Waals surface area contributed by atoms with Crippen molar-refractivity contribution in [3.05, 3.63) is 35.9 Å². The number of amides is 1. The Hall–Kier alpha value is -2.48. The van der Waals surface area contributed by atoms with Crippen LogP contribution in [0.3, 0.4) is 0 Å². The summed E-state index contributed by atoms with van der Waals surface area (Å²) in [7, 11) is 1.86. The van der Waals surface area contributed by atoms with Crippen molar-refractivity contribution < 1.29 is 4.79 Å². The van der Waals surface area contributed by atoms with E-state index >= 15 is 0 Å². The predicted octanol–water partition coefficient (Wildman–Crippen LogP) is 0.811. The first-order chi connectivity index (χ1) is 12.6. The lowest BCUT2D eigenvalue weighted by Gasteiger charge is -2.37. The summed E-state index contributed by atoms with van der Waals surface area (Å²) in [5.74, 6) is 0.151. The fourth-order valence-electron chi connectivity index (χ4n) is 3.47. The van der Waals surface area contributed by atoms with Gasteiger partial charge in [-0.1, -0.05) is 35.4 Å². The highest BCUT2D eigenvalue weighted by Crippen LogP contribution is 2.16. The van der Waals surface area contributed by atoms with Gasteiger partial charge in [0.1, 0.15) is 6.54 Å². The molecule has 1 amide bonds. The van der Waals surface area contributed by atoms with E-state index in [-0.39, 0.29) is 24.4 Å². The first-order valence-corrected chi connectivity index (χ1v) is 9.17. The van der Waals surface area contributed by atoms with Crippen molar-refractivity contribution in [3.8, 4) is 0 Å². The Labute approximate surface area is 154 Å². The normalized spacial score (nSPS) is 18.0. The van der Waals surface area contributed by atoms with Crippen molar-refractivity contribution in [2.24, 2.45) is 0 Å². The van der Waals surface area contributed by atoms with Gasteiger partial charge < -0.3 is 15.5 Å². The molecule has 8 heteroatoms. The van der Waals surface area contributed by atoms with Crippen LogP contribution in [0.1, 0.15) is 24.8 Å². The molecule has 1 fully saturated rings. The van der Waals surface area contributed by atoms with E-state index in [0.29, 0.717) is 0 Å². The van der Waals surface area contributed by atoms with E-state index in [4.69, 9.17) is 5.73 Å². The van der Waals surface area contributed by atoms with Crippen LogP contribution in [0.2, 0.25) is 0 Å². The number of hydrogen-bond acceptors (Lipinski definition) is 6.